The molecule has 0 radical (unpaired) electrons. The molecule has 2 heterocycles. The molecular weight excluding hydrogens is 368 g/mol. The van der Waals surface area contributed by atoms with Crippen molar-refractivity contribution in [3.05, 3.63) is 77.6 Å². The Bertz CT molecular complexity index is 1010. The quantitative estimate of drug-likeness (QED) is 0.723. The van der Waals surface area contributed by atoms with Crippen LogP contribution < -0.4 is 0 Å². The Morgan fingerprint density at radius 1 is 1.00 bits per heavy atom. The van der Waals surface area contributed by atoms with Crippen molar-refractivity contribution in [3.8, 4) is 5.69 Å². The van der Waals surface area contributed by atoms with Crippen molar-refractivity contribution in [2.75, 3.05) is 13.1 Å². The number of nitrogens with zero attached hydrogens (tertiary/aromatic N) is 4. The second-order valence-corrected chi connectivity index (χ2v) is 7.26. The lowest BCUT2D eigenvalue weighted by Crippen LogP contribution is -2.39. The zero-order valence-corrected chi connectivity index (χ0v) is 15.9. The maximum atomic E-state index is 12.8. The van der Waals surface area contributed by atoms with Crippen LogP contribution in [0.1, 0.15) is 39.3 Å². The van der Waals surface area contributed by atoms with Gasteiger partial charge in [0.1, 0.15) is 0 Å². The lowest BCUT2D eigenvalue weighted by atomic mass is 9.88. The van der Waals surface area contributed by atoms with Crippen molar-refractivity contribution in [2.45, 2.75) is 19.3 Å². The van der Waals surface area contributed by atoms with Crippen LogP contribution in [0.2, 0.25) is 0 Å². The molecule has 148 valence electrons. The van der Waals surface area contributed by atoms with Crippen molar-refractivity contribution < 1.29 is 14.7 Å². The molecule has 4 rings (SSSR count). The minimum Gasteiger partial charge on any atom is -0.478 e. The number of aromatic nitrogens is 3. The lowest BCUT2D eigenvalue weighted by molar-refractivity contribution is 0.0684. The van der Waals surface area contributed by atoms with E-state index in [4.69, 9.17) is 0 Å². The van der Waals surface area contributed by atoms with Crippen molar-refractivity contribution in [3.63, 3.8) is 0 Å². The highest BCUT2D eigenvalue weighted by molar-refractivity contribution is 5.92. The number of carboxylic acids is 1. The number of carbonyl (C=O) groups excluding carboxylic acids is 1. The van der Waals surface area contributed by atoms with Crippen LogP contribution in [0.3, 0.4) is 0 Å². The Kier molecular flexibility index (Phi) is 5.37. The van der Waals surface area contributed by atoms with Crippen molar-refractivity contribution in [1.29, 1.82) is 0 Å². The monoisotopic (exact) mass is 390 g/mol. The van der Waals surface area contributed by atoms with Gasteiger partial charge in [0, 0.05) is 13.1 Å². The number of rotatable bonds is 5. The number of hydrogen-bond donors (Lipinski definition) is 1. The fraction of sp³-hybridized carbons (Fsp3) is 0.273. The molecule has 3 aromatic rings. The van der Waals surface area contributed by atoms with Crippen LogP contribution in [0.15, 0.2) is 60.8 Å². The van der Waals surface area contributed by atoms with E-state index >= 15 is 0 Å². The Balaban J connectivity index is 1.37. The number of para-hydroxylation sites is 1. The molecular formula is C22H22N4O3. The highest BCUT2D eigenvalue weighted by Crippen LogP contribution is 2.24. The normalized spacial score (nSPS) is 14.7. The van der Waals surface area contributed by atoms with Gasteiger partial charge in [0.15, 0.2) is 5.69 Å². The Morgan fingerprint density at radius 3 is 2.41 bits per heavy atom. The third-order valence-corrected chi connectivity index (χ3v) is 5.36. The molecule has 1 aliphatic heterocycles. The average molecular weight is 390 g/mol. The highest BCUT2D eigenvalue weighted by atomic mass is 16.4. The fourth-order valence-corrected chi connectivity index (χ4v) is 3.77. The van der Waals surface area contributed by atoms with Crippen LogP contribution in [0.4, 0.5) is 0 Å². The first-order valence-electron chi connectivity index (χ1n) is 9.70. The second kappa shape index (κ2) is 8.26. The van der Waals surface area contributed by atoms with E-state index in [2.05, 4.69) is 10.2 Å². The summed E-state index contributed by atoms with van der Waals surface area (Å²) in [6.45, 7) is 1.27. The summed E-state index contributed by atoms with van der Waals surface area (Å²) in [5.41, 5.74) is 2.37. The van der Waals surface area contributed by atoms with Crippen LogP contribution in [-0.4, -0.2) is 50.0 Å². The number of likely N-dealkylation sites (tertiary alicyclic amines) is 1. The van der Waals surface area contributed by atoms with Gasteiger partial charge in [0.05, 0.1) is 17.4 Å². The van der Waals surface area contributed by atoms with Gasteiger partial charge < -0.3 is 10.0 Å². The van der Waals surface area contributed by atoms with Crippen molar-refractivity contribution >= 4 is 11.9 Å². The highest BCUT2D eigenvalue weighted by Gasteiger charge is 2.26. The zero-order valence-electron chi connectivity index (χ0n) is 15.9. The SMILES string of the molecule is O=C(O)c1ccccc1CC1CCN(C(=O)c2cnn(-c3ccccc3)n2)CC1. The van der Waals surface area contributed by atoms with Gasteiger partial charge in [-0.05, 0) is 48.9 Å². The fourth-order valence-electron chi connectivity index (χ4n) is 3.77. The molecule has 0 saturated carbocycles. The van der Waals surface area contributed by atoms with Crippen LogP contribution >= 0.6 is 0 Å². The topological polar surface area (TPSA) is 88.3 Å². The van der Waals surface area contributed by atoms with Gasteiger partial charge in [0.2, 0.25) is 0 Å². The first kappa shape index (κ1) is 18.9. The molecule has 0 atom stereocenters. The van der Waals surface area contributed by atoms with Gasteiger partial charge in [0.25, 0.3) is 5.91 Å². The first-order chi connectivity index (χ1) is 14.1. The van der Waals surface area contributed by atoms with Crippen LogP contribution in [-0.2, 0) is 6.42 Å². The third kappa shape index (κ3) is 4.18. The molecule has 7 nitrogen and oxygen atoms in total. The van der Waals surface area contributed by atoms with E-state index in [1.165, 1.54) is 11.0 Å². The summed E-state index contributed by atoms with van der Waals surface area (Å²) in [4.78, 5) is 27.4. The molecule has 1 amide bonds. The summed E-state index contributed by atoms with van der Waals surface area (Å²) in [5, 5.41) is 17.9. The summed E-state index contributed by atoms with van der Waals surface area (Å²) >= 11 is 0. The number of piperidine rings is 1. The maximum Gasteiger partial charge on any atom is 0.335 e. The molecule has 0 aliphatic carbocycles. The molecule has 1 N–H and O–H groups in total. The van der Waals surface area contributed by atoms with Crippen LogP contribution in [0, 0.1) is 5.92 Å². The van der Waals surface area contributed by atoms with Crippen LogP contribution in [0.25, 0.3) is 5.69 Å². The number of carbonyl (C=O) groups is 2. The minimum atomic E-state index is -0.894. The molecule has 7 heteroatoms. The van der Waals surface area contributed by atoms with Gasteiger partial charge in [-0.2, -0.15) is 9.90 Å². The predicted molar refractivity (Wildman–Crippen MR) is 107 cm³/mol. The van der Waals surface area contributed by atoms with Gasteiger partial charge in [-0.15, -0.1) is 5.10 Å². The van der Waals surface area contributed by atoms with Gasteiger partial charge >= 0.3 is 5.97 Å². The molecule has 1 fully saturated rings. The average Bonchev–Trinajstić information content (AvgIpc) is 3.25. The Morgan fingerprint density at radius 2 is 1.69 bits per heavy atom. The van der Waals surface area contributed by atoms with Gasteiger partial charge in [-0.3, -0.25) is 4.79 Å². The molecule has 0 unspecified atom stereocenters. The predicted octanol–water partition coefficient (Wildman–Crippen LogP) is 3.06. The van der Waals surface area contributed by atoms with Crippen LogP contribution in [0.5, 0.6) is 0 Å². The van der Waals surface area contributed by atoms with Gasteiger partial charge in [-0.1, -0.05) is 36.4 Å². The minimum absolute atomic E-state index is 0.114. The third-order valence-electron chi connectivity index (χ3n) is 5.36. The van der Waals surface area contributed by atoms with E-state index in [-0.39, 0.29) is 5.91 Å². The maximum absolute atomic E-state index is 12.8. The summed E-state index contributed by atoms with van der Waals surface area (Å²) in [6.07, 6.45) is 3.90. The molecule has 1 aromatic heterocycles. The zero-order chi connectivity index (χ0) is 20.2. The van der Waals surface area contributed by atoms with E-state index in [0.717, 1.165) is 24.1 Å². The summed E-state index contributed by atoms with van der Waals surface area (Å²) in [7, 11) is 0. The summed E-state index contributed by atoms with van der Waals surface area (Å²) in [6, 6.07) is 16.6. The Labute approximate surface area is 168 Å². The van der Waals surface area contributed by atoms with E-state index in [9.17, 15) is 14.7 Å². The summed E-state index contributed by atoms with van der Waals surface area (Å²) < 4.78 is 0. The molecule has 1 saturated heterocycles. The smallest absolute Gasteiger partial charge is 0.335 e. The summed E-state index contributed by atoms with van der Waals surface area (Å²) in [5.74, 6) is -0.647. The van der Waals surface area contributed by atoms with E-state index < -0.39 is 5.97 Å². The first-order valence-corrected chi connectivity index (χ1v) is 9.70. The van der Waals surface area contributed by atoms with Gasteiger partial charge in [-0.25, -0.2) is 4.79 Å². The molecule has 0 spiro atoms. The number of benzene rings is 2. The largest absolute Gasteiger partial charge is 0.478 e. The van der Waals surface area contributed by atoms with E-state index in [1.54, 1.807) is 17.0 Å². The number of amides is 1. The van der Waals surface area contributed by atoms with Crippen molar-refractivity contribution in [1.82, 2.24) is 19.9 Å². The number of aromatic carboxylic acids is 1. The molecule has 1 aliphatic rings. The standard InChI is InChI=1S/C22H22N4O3/c27-21(20-15-23-26(24-20)18-7-2-1-3-8-18)25-12-10-16(11-13-25)14-17-6-4-5-9-19(17)22(28)29/h1-9,15-16H,10-14H2,(H,28,29). The number of carboxylic acid groups (broad SMARTS) is 1. The van der Waals surface area contributed by atoms with E-state index in [0.29, 0.717) is 36.7 Å². The molecule has 29 heavy (non-hydrogen) atoms. The van der Waals surface area contributed by atoms with E-state index in [1.807, 2.05) is 42.5 Å². The second-order valence-electron chi connectivity index (χ2n) is 7.26. The Hall–Kier alpha value is -3.48. The lowest BCUT2D eigenvalue weighted by Gasteiger charge is -2.31. The molecule has 2 aromatic carbocycles. The number of hydrogen-bond acceptors (Lipinski definition) is 4. The molecule has 0 bridgehead atoms. The van der Waals surface area contributed by atoms with Crippen molar-refractivity contribution in [2.24, 2.45) is 5.92 Å².